The number of allylic oxidation sites excluding steroid dienone is 1. The maximum absolute atomic E-state index is 13.8. The molecule has 5 rings (SSSR count). The van der Waals surface area contributed by atoms with Crippen molar-refractivity contribution < 1.29 is 28.9 Å². The van der Waals surface area contributed by atoms with Gasteiger partial charge in [0.15, 0.2) is 17.3 Å². The molecule has 1 fully saturated rings. The smallest absolute Gasteiger partial charge is 0.315 e. The Kier molecular flexibility index (Phi) is 5.76. The Hall–Kier alpha value is -3.16. The molecule has 2 heterocycles. The number of fused-ring (bicyclic) bond motifs is 2. The predicted octanol–water partition coefficient (Wildman–Crippen LogP) is 4.55. The van der Waals surface area contributed by atoms with Gasteiger partial charge in [0.05, 0.1) is 19.6 Å². The van der Waals surface area contributed by atoms with E-state index < -0.39 is 29.3 Å². The molecule has 7 nitrogen and oxygen atoms in total. The zero-order valence-corrected chi connectivity index (χ0v) is 21.4. The quantitative estimate of drug-likeness (QED) is 0.615. The third-order valence-corrected chi connectivity index (χ3v) is 7.56. The summed E-state index contributed by atoms with van der Waals surface area (Å²) in [6, 6.07) is 17.1. The van der Waals surface area contributed by atoms with Crippen LogP contribution in [0, 0.1) is 17.3 Å². The lowest BCUT2D eigenvalue weighted by Gasteiger charge is -2.43. The summed E-state index contributed by atoms with van der Waals surface area (Å²) in [5.41, 5.74) is 1.29. The Morgan fingerprint density at radius 2 is 1.75 bits per heavy atom. The van der Waals surface area contributed by atoms with Crippen molar-refractivity contribution in [3.05, 3.63) is 71.4 Å². The molecule has 2 aromatic rings. The van der Waals surface area contributed by atoms with Crippen molar-refractivity contribution in [1.82, 2.24) is 0 Å². The van der Waals surface area contributed by atoms with Gasteiger partial charge < -0.3 is 24.2 Å². The second-order valence-corrected chi connectivity index (χ2v) is 10.8. The van der Waals surface area contributed by atoms with Gasteiger partial charge in [-0.05, 0) is 49.9 Å². The Labute approximate surface area is 211 Å². The number of benzene rings is 2. The van der Waals surface area contributed by atoms with Crippen LogP contribution in [-0.4, -0.2) is 36.4 Å². The normalized spacial score (nSPS) is 30.7. The second-order valence-electron chi connectivity index (χ2n) is 10.8. The van der Waals surface area contributed by atoms with Gasteiger partial charge in [-0.3, -0.25) is 9.59 Å². The van der Waals surface area contributed by atoms with Crippen LogP contribution in [0.15, 0.2) is 65.9 Å². The second kappa shape index (κ2) is 8.46. The third-order valence-electron chi connectivity index (χ3n) is 7.56. The summed E-state index contributed by atoms with van der Waals surface area (Å²) >= 11 is 0. The topological polar surface area (TPSA) is 85.3 Å². The summed E-state index contributed by atoms with van der Waals surface area (Å²) in [6.45, 7) is 7.52. The van der Waals surface area contributed by atoms with Gasteiger partial charge in [-0.2, -0.15) is 0 Å². The number of carbonyl (C=O) groups excluding carboxylic acids is 2. The average Bonchev–Trinajstić information content (AvgIpc) is 3.22. The van der Waals surface area contributed by atoms with E-state index in [9.17, 15) is 14.7 Å². The molecule has 0 bridgehead atoms. The van der Waals surface area contributed by atoms with Crippen LogP contribution >= 0.6 is 0 Å². The third kappa shape index (κ3) is 3.56. The Balaban J connectivity index is 1.83. The van der Waals surface area contributed by atoms with Gasteiger partial charge in [-0.25, -0.2) is 0 Å². The molecule has 4 unspecified atom stereocenters. The maximum atomic E-state index is 13.8. The summed E-state index contributed by atoms with van der Waals surface area (Å²) in [6.07, 6.45) is 0.966. The van der Waals surface area contributed by atoms with Crippen molar-refractivity contribution in [2.45, 2.75) is 52.0 Å². The number of Topliss-reactive ketones (excluding diaryl/α,β-unsaturated/α-hetero) is 1. The fourth-order valence-electron chi connectivity index (χ4n) is 6.29. The van der Waals surface area contributed by atoms with E-state index in [4.69, 9.17) is 14.2 Å². The summed E-state index contributed by atoms with van der Waals surface area (Å²) in [7, 11) is 1.61. The van der Waals surface area contributed by atoms with Crippen LogP contribution in [0.3, 0.4) is 0 Å². The molecule has 4 atom stereocenters. The van der Waals surface area contributed by atoms with Crippen molar-refractivity contribution >= 4 is 17.4 Å². The van der Waals surface area contributed by atoms with Crippen molar-refractivity contribution in [2.24, 2.45) is 17.3 Å². The van der Waals surface area contributed by atoms with Gasteiger partial charge in [0.2, 0.25) is 0 Å². The average molecular weight is 492 g/mol. The van der Waals surface area contributed by atoms with E-state index in [2.05, 4.69) is 13.8 Å². The number of ether oxygens (including phenoxy) is 3. The molecule has 36 heavy (non-hydrogen) atoms. The molecule has 1 saturated heterocycles. The number of hydrogen-bond donors (Lipinski definition) is 1. The highest BCUT2D eigenvalue weighted by atomic mass is 16.7. The van der Waals surface area contributed by atoms with Crippen LogP contribution in [0.1, 0.15) is 46.1 Å². The van der Waals surface area contributed by atoms with Crippen molar-refractivity contribution in [3.8, 4) is 5.75 Å². The molecular weight excluding hydrogens is 458 g/mol. The summed E-state index contributed by atoms with van der Waals surface area (Å²) in [5.74, 6) is -3.63. The Morgan fingerprint density at radius 1 is 1.08 bits per heavy atom. The van der Waals surface area contributed by atoms with Crippen LogP contribution in [-0.2, 0) is 24.8 Å². The Bertz CT molecular complexity index is 1220. The van der Waals surface area contributed by atoms with Crippen LogP contribution in [0.2, 0.25) is 0 Å². The van der Waals surface area contributed by atoms with Crippen LogP contribution in [0.5, 0.6) is 5.75 Å². The molecule has 0 radical (unpaired) electrons. The highest BCUT2D eigenvalue weighted by Crippen LogP contribution is 2.65. The molecule has 0 spiro atoms. The predicted molar refractivity (Wildman–Crippen MR) is 134 cm³/mol. The monoisotopic (exact) mass is 491 g/mol. The maximum Gasteiger partial charge on any atom is 0.315 e. The van der Waals surface area contributed by atoms with Gasteiger partial charge in [-0.1, -0.05) is 44.2 Å². The lowest BCUT2D eigenvalue weighted by Crippen LogP contribution is -2.47. The first-order valence-electron chi connectivity index (χ1n) is 12.4. The standard InChI is InChI=1S/C29H33NO6/c1-6-35-26(32)25-24-23-21(16-27(2,3)17-22(23)31)30(19-12-14-20(34-5)15-13-19)29(24,36-28(25,4)33)18-10-8-7-9-11-18/h7-15,24-25,33H,6,16-17H2,1-5H3. The first-order valence-corrected chi connectivity index (χ1v) is 12.4. The number of hydrogen-bond acceptors (Lipinski definition) is 7. The highest BCUT2D eigenvalue weighted by molar-refractivity contribution is 6.01. The van der Waals surface area contributed by atoms with Gasteiger partial charge in [0, 0.05) is 28.9 Å². The van der Waals surface area contributed by atoms with Gasteiger partial charge in [-0.15, -0.1) is 0 Å². The molecule has 7 heteroatoms. The van der Waals surface area contributed by atoms with Crippen LogP contribution in [0.25, 0.3) is 0 Å². The molecule has 3 aliphatic rings. The van der Waals surface area contributed by atoms with Gasteiger partial charge in [0.1, 0.15) is 11.7 Å². The highest BCUT2D eigenvalue weighted by Gasteiger charge is 2.72. The zero-order chi connectivity index (χ0) is 25.9. The van der Waals surface area contributed by atoms with Crippen molar-refractivity contribution in [1.29, 1.82) is 0 Å². The number of ketones is 1. The number of methoxy groups -OCH3 is 1. The van der Waals surface area contributed by atoms with E-state index in [0.717, 1.165) is 16.9 Å². The van der Waals surface area contributed by atoms with Crippen LogP contribution in [0.4, 0.5) is 5.69 Å². The summed E-state index contributed by atoms with van der Waals surface area (Å²) < 4.78 is 17.4. The minimum Gasteiger partial charge on any atom is -0.497 e. The summed E-state index contributed by atoms with van der Waals surface area (Å²) in [5, 5.41) is 11.6. The van der Waals surface area contributed by atoms with Gasteiger partial charge in [0.25, 0.3) is 0 Å². The SMILES string of the molecule is CCOC(=O)C1C2C3=C(CC(C)(C)CC3=O)N(c3ccc(OC)cc3)C2(c2ccccc2)OC1(C)O. The molecule has 2 aliphatic heterocycles. The Morgan fingerprint density at radius 3 is 2.36 bits per heavy atom. The molecule has 2 aromatic carbocycles. The van der Waals surface area contributed by atoms with Crippen molar-refractivity contribution in [2.75, 3.05) is 18.6 Å². The fraction of sp³-hybridized carbons (Fsp3) is 0.448. The number of nitrogens with zero attached hydrogens (tertiary/aromatic N) is 1. The lowest BCUT2D eigenvalue weighted by atomic mass is 9.70. The number of aliphatic hydroxyl groups is 1. The van der Waals surface area contributed by atoms with E-state index in [1.807, 2.05) is 59.5 Å². The zero-order valence-electron chi connectivity index (χ0n) is 21.4. The van der Waals surface area contributed by atoms with E-state index in [1.165, 1.54) is 6.92 Å². The first kappa shape index (κ1) is 24.5. The number of anilines is 1. The fourth-order valence-corrected chi connectivity index (χ4v) is 6.29. The molecule has 1 N–H and O–H groups in total. The van der Waals surface area contributed by atoms with E-state index in [-0.39, 0.29) is 17.8 Å². The van der Waals surface area contributed by atoms with Gasteiger partial charge >= 0.3 is 5.97 Å². The molecular formula is C29H33NO6. The minimum absolute atomic E-state index is 0.0295. The number of carbonyl (C=O) groups is 2. The minimum atomic E-state index is -1.87. The molecule has 0 aromatic heterocycles. The first-order chi connectivity index (χ1) is 17.1. The van der Waals surface area contributed by atoms with E-state index in [0.29, 0.717) is 24.2 Å². The van der Waals surface area contributed by atoms with E-state index in [1.54, 1.807) is 14.0 Å². The van der Waals surface area contributed by atoms with E-state index >= 15 is 0 Å². The lowest BCUT2D eigenvalue weighted by molar-refractivity contribution is -0.231. The summed E-state index contributed by atoms with van der Waals surface area (Å²) in [4.78, 5) is 29.2. The van der Waals surface area contributed by atoms with Crippen LogP contribution < -0.4 is 9.64 Å². The number of esters is 1. The van der Waals surface area contributed by atoms with Crippen molar-refractivity contribution in [3.63, 3.8) is 0 Å². The largest absolute Gasteiger partial charge is 0.497 e. The molecule has 0 saturated carbocycles. The molecule has 0 amide bonds. The molecule has 1 aliphatic carbocycles. The molecule has 190 valence electrons. The number of rotatable bonds is 5.